The summed E-state index contributed by atoms with van der Waals surface area (Å²) < 4.78 is 13.5. The fourth-order valence-electron chi connectivity index (χ4n) is 2.14. The van der Waals surface area contributed by atoms with E-state index in [4.69, 9.17) is 11.6 Å². The molecule has 0 aliphatic rings. The molecule has 18 heavy (non-hydrogen) atoms. The van der Waals surface area contributed by atoms with Gasteiger partial charge in [-0.2, -0.15) is 0 Å². The van der Waals surface area contributed by atoms with Gasteiger partial charge in [0.1, 0.15) is 5.82 Å². The first-order valence-corrected chi connectivity index (χ1v) is 6.48. The fourth-order valence-corrected chi connectivity index (χ4v) is 2.37. The molecule has 0 atom stereocenters. The van der Waals surface area contributed by atoms with Crippen LogP contribution in [0.1, 0.15) is 19.4 Å². The first-order valence-electron chi connectivity index (χ1n) is 6.10. The van der Waals surface area contributed by atoms with Gasteiger partial charge in [-0.3, -0.25) is 0 Å². The van der Waals surface area contributed by atoms with Crippen LogP contribution in [0.4, 0.5) is 4.39 Å². The Hall–Kier alpha value is -0.640. The third-order valence-corrected chi connectivity index (χ3v) is 3.07. The van der Waals surface area contributed by atoms with Crippen molar-refractivity contribution in [2.24, 2.45) is 5.41 Å². The Labute approximate surface area is 114 Å². The number of benzene rings is 1. The average molecular weight is 273 g/mol. The lowest BCUT2D eigenvalue weighted by Crippen LogP contribution is -2.37. The highest BCUT2D eigenvalue weighted by Crippen LogP contribution is 2.19. The summed E-state index contributed by atoms with van der Waals surface area (Å²) in [7, 11) is 4.10. The first-order chi connectivity index (χ1) is 8.32. The molecule has 0 amide bonds. The lowest BCUT2D eigenvalue weighted by atomic mass is 9.93. The van der Waals surface area contributed by atoms with Crippen molar-refractivity contribution in [3.05, 3.63) is 34.6 Å². The normalized spacial score (nSPS) is 12.2. The predicted octanol–water partition coefficient (Wildman–Crippen LogP) is 3.16. The predicted molar refractivity (Wildman–Crippen MR) is 75.5 cm³/mol. The van der Waals surface area contributed by atoms with E-state index in [0.29, 0.717) is 17.1 Å². The summed E-state index contributed by atoms with van der Waals surface area (Å²) in [5.74, 6) is -0.250. The molecule has 0 unspecified atom stereocenters. The van der Waals surface area contributed by atoms with E-state index in [1.165, 1.54) is 6.07 Å². The Morgan fingerprint density at radius 1 is 1.33 bits per heavy atom. The number of nitrogens with one attached hydrogen (secondary N) is 1. The van der Waals surface area contributed by atoms with E-state index in [1.807, 2.05) is 0 Å². The molecular formula is C14H22ClFN2. The second-order valence-corrected chi connectivity index (χ2v) is 6.11. The smallest absolute Gasteiger partial charge is 0.129 e. The van der Waals surface area contributed by atoms with Crippen molar-refractivity contribution >= 4 is 11.6 Å². The van der Waals surface area contributed by atoms with Crippen LogP contribution in [0, 0.1) is 11.2 Å². The van der Waals surface area contributed by atoms with Crippen molar-refractivity contribution in [1.29, 1.82) is 0 Å². The van der Waals surface area contributed by atoms with E-state index < -0.39 is 0 Å². The van der Waals surface area contributed by atoms with E-state index in [-0.39, 0.29) is 11.2 Å². The minimum atomic E-state index is -0.250. The van der Waals surface area contributed by atoms with Gasteiger partial charge in [-0.25, -0.2) is 4.39 Å². The molecule has 1 N–H and O–H groups in total. The molecule has 0 heterocycles. The van der Waals surface area contributed by atoms with E-state index >= 15 is 0 Å². The highest BCUT2D eigenvalue weighted by atomic mass is 35.5. The van der Waals surface area contributed by atoms with Crippen LogP contribution < -0.4 is 5.32 Å². The first kappa shape index (κ1) is 15.4. The van der Waals surface area contributed by atoms with Gasteiger partial charge in [-0.05, 0) is 31.6 Å². The van der Waals surface area contributed by atoms with Gasteiger partial charge in [-0.15, -0.1) is 0 Å². The van der Waals surface area contributed by atoms with E-state index in [1.54, 1.807) is 12.1 Å². The summed E-state index contributed by atoms with van der Waals surface area (Å²) in [6.45, 7) is 6.62. The molecule has 1 aromatic rings. The number of nitrogens with zero attached hydrogens (tertiary/aromatic N) is 1. The molecule has 0 radical (unpaired) electrons. The summed E-state index contributed by atoms with van der Waals surface area (Å²) in [4.78, 5) is 2.15. The van der Waals surface area contributed by atoms with Crippen LogP contribution in [0.15, 0.2) is 18.2 Å². The molecule has 0 aliphatic heterocycles. The van der Waals surface area contributed by atoms with Gasteiger partial charge in [0.05, 0.1) is 0 Å². The Kier molecular flexibility index (Phi) is 5.57. The van der Waals surface area contributed by atoms with Crippen LogP contribution in [-0.4, -0.2) is 32.1 Å². The molecule has 1 rings (SSSR count). The number of rotatable bonds is 6. The van der Waals surface area contributed by atoms with Crippen LogP contribution in [0.5, 0.6) is 0 Å². The number of halogens is 2. The Morgan fingerprint density at radius 2 is 2.00 bits per heavy atom. The van der Waals surface area contributed by atoms with Gasteiger partial charge in [-0.1, -0.05) is 31.5 Å². The summed E-state index contributed by atoms with van der Waals surface area (Å²) in [6, 6.07) is 4.78. The van der Waals surface area contributed by atoms with Crippen LogP contribution in [0.3, 0.4) is 0 Å². The zero-order valence-corrected chi connectivity index (χ0v) is 12.3. The highest BCUT2D eigenvalue weighted by molar-refractivity contribution is 6.31. The quantitative estimate of drug-likeness (QED) is 0.856. The molecule has 0 saturated carbocycles. The van der Waals surface area contributed by atoms with Crippen LogP contribution in [0.25, 0.3) is 0 Å². The topological polar surface area (TPSA) is 15.3 Å². The second-order valence-electron chi connectivity index (χ2n) is 5.71. The Balaban J connectivity index is 2.51. The zero-order valence-electron chi connectivity index (χ0n) is 11.6. The van der Waals surface area contributed by atoms with Gasteiger partial charge >= 0.3 is 0 Å². The second kappa shape index (κ2) is 6.50. The lowest BCUT2D eigenvalue weighted by molar-refractivity contribution is 0.232. The van der Waals surface area contributed by atoms with Crippen LogP contribution in [0.2, 0.25) is 5.02 Å². The van der Waals surface area contributed by atoms with Crippen LogP contribution in [-0.2, 0) is 6.54 Å². The number of hydrogen-bond donors (Lipinski definition) is 1. The van der Waals surface area contributed by atoms with Crippen molar-refractivity contribution in [2.45, 2.75) is 20.4 Å². The molecule has 0 aliphatic carbocycles. The molecule has 0 fully saturated rings. The molecule has 2 nitrogen and oxygen atoms in total. The van der Waals surface area contributed by atoms with Gasteiger partial charge in [0.25, 0.3) is 0 Å². The van der Waals surface area contributed by atoms with Gasteiger partial charge < -0.3 is 10.2 Å². The molecule has 4 heteroatoms. The molecule has 102 valence electrons. The standard InChI is InChI=1S/C14H22ClFN2/c1-14(2,10-18(3)4)9-17-8-11-12(15)6-5-7-13(11)16/h5-7,17H,8-10H2,1-4H3. The molecule has 0 spiro atoms. The van der Waals surface area contributed by atoms with Gasteiger partial charge in [0.15, 0.2) is 0 Å². The summed E-state index contributed by atoms with van der Waals surface area (Å²) in [5, 5.41) is 3.76. The zero-order chi connectivity index (χ0) is 13.8. The minimum absolute atomic E-state index is 0.140. The number of hydrogen-bond acceptors (Lipinski definition) is 2. The maximum Gasteiger partial charge on any atom is 0.129 e. The minimum Gasteiger partial charge on any atom is -0.312 e. The Morgan fingerprint density at radius 3 is 2.56 bits per heavy atom. The summed E-state index contributed by atoms with van der Waals surface area (Å²) >= 11 is 5.98. The molecule has 0 saturated heterocycles. The molecule has 0 bridgehead atoms. The van der Waals surface area contributed by atoms with Crippen molar-refractivity contribution in [2.75, 3.05) is 27.2 Å². The monoisotopic (exact) mass is 272 g/mol. The molecular weight excluding hydrogens is 251 g/mol. The fraction of sp³-hybridized carbons (Fsp3) is 0.571. The maximum absolute atomic E-state index is 13.5. The largest absolute Gasteiger partial charge is 0.312 e. The van der Waals surface area contributed by atoms with Gasteiger partial charge in [0, 0.05) is 30.2 Å². The molecule has 0 aromatic heterocycles. The maximum atomic E-state index is 13.5. The lowest BCUT2D eigenvalue weighted by Gasteiger charge is -2.28. The van der Waals surface area contributed by atoms with E-state index in [9.17, 15) is 4.39 Å². The van der Waals surface area contributed by atoms with Crippen molar-refractivity contribution in [1.82, 2.24) is 10.2 Å². The Bertz CT molecular complexity index is 371. The van der Waals surface area contributed by atoms with Crippen LogP contribution >= 0.6 is 11.6 Å². The van der Waals surface area contributed by atoms with Crippen molar-refractivity contribution in [3.8, 4) is 0 Å². The summed E-state index contributed by atoms with van der Waals surface area (Å²) in [5.41, 5.74) is 0.682. The third kappa shape index (κ3) is 4.92. The van der Waals surface area contributed by atoms with E-state index in [0.717, 1.165) is 13.1 Å². The van der Waals surface area contributed by atoms with Gasteiger partial charge in [0.2, 0.25) is 0 Å². The summed E-state index contributed by atoms with van der Waals surface area (Å²) in [6.07, 6.45) is 0. The van der Waals surface area contributed by atoms with Crippen molar-refractivity contribution in [3.63, 3.8) is 0 Å². The SMILES string of the molecule is CN(C)CC(C)(C)CNCc1c(F)cccc1Cl. The highest BCUT2D eigenvalue weighted by Gasteiger charge is 2.18. The average Bonchev–Trinajstić information content (AvgIpc) is 2.20. The molecule has 1 aromatic carbocycles. The van der Waals surface area contributed by atoms with E-state index in [2.05, 4.69) is 38.2 Å². The third-order valence-electron chi connectivity index (χ3n) is 2.71. The van der Waals surface area contributed by atoms with Crippen molar-refractivity contribution < 1.29 is 4.39 Å².